The highest BCUT2D eigenvalue weighted by Crippen LogP contribution is 2.17. The van der Waals surface area contributed by atoms with Gasteiger partial charge in [-0.2, -0.15) is 0 Å². The van der Waals surface area contributed by atoms with E-state index in [4.69, 9.17) is 9.94 Å². The van der Waals surface area contributed by atoms with Crippen LogP contribution in [0.5, 0.6) is 5.75 Å². The van der Waals surface area contributed by atoms with Gasteiger partial charge >= 0.3 is 0 Å². The Balaban J connectivity index is 3.11. The number of oxime groups is 1. The molecule has 0 aromatic heterocycles. The fourth-order valence-corrected chi connectivity index (χ4v) is 1.26. The number of ketones is 1. The van der Waals surface area contributed by atoms with Gasteiger partial charge in [0, 0.05) is 5.56 Å². The number of benzene rings is 1. The van der Waals surface area contributed by atoms with Gasteiger partial charge in [0.15, 0.2) is 0 Å². The molecule has 4 heteroatoms. The van der Waals surface area contributed by atoms with Crippen molar-refractivity contribution in [2.24, 2.45) is 5.16 Å². The first-order valence-corrected chi connectivity index (χ1v) is 4.48. The molecule has 4 nitrogen and oxygen atoms in total. The van der Waals surface area contributed by atoms with Gasteiger partial charge in [0.05, 0.1) is 7.11 Å². The zero-order chi connectivity index (χ0) is 11.4. The molecule has 0 saturated carbocycles. The standard InChI is InChI=1S/C11H13NO3/c1-7-6-9(15-3)4-5-10(7)11(13)8(2)12-14/h4-6,14H,1-3H3/b12-8-. The minimum atomic E-state index is -0.280. The van der Waals surface area contributed by atoms with Crippen molar-refractivity contribution in [3.05, 3.63) is 29.3 Å². The van der Waals surface area contributed by atoms with E-state index in [2.05, 4.69) is 5.16 Å². The normalized spacial score (nSPS) is 11.3. The quantitative estimate of drug-likeness (QED) is 0.357. The SMILES string of the molecule is COc1ccc(C(=O)/C(C)=N\O)c(C)c1. The molecule has 1 aromatic rings. The van der Waals surface area contributed by atoms with Crippen LogP contribution in [-0.2, 0) is 0 Å². The van der Waals surface area contributed by atoms with Crippen molar-refractivity contribution in [1.82, 2.24) is 0 Å². The molecule has 1 aromatic carbocycles. The monoisotopic (exact) mass is 207 g/mol. The van der Waals surface area contributed by atoms with Crippen molar-refractivity contribution in [2.75, 3.05) is 7.11 Å². The number of aryl methyl sites for hydroxylation is 1. The molecule has 80 valence electrons. The topological polar surface area (TPSA) is 58.9 Å². The second-order valence-corrected chi connectivity index (χ2v) is 3.20. The van der Waals surface area contributed by atoms with E-state index in [1.165, 1.54) is 6.92 Å². The summed E-state index contributed by atoms with van der Waals surface area (Å²) in [5.74, 6) is 0.417. The van der Waals surface area contributed by atoms with E-state index in [-0.39, 0.29) is 11.5 Å². The van der Waals surface area contributed by atoms with Crippen molar-refractivity contribution in [1.29, 1.82) is 0 Å². The van der Waals surface area contributed by atoms with E-state index < -0.39 is 0 Å². The van der Waals surface area contributed by atoms with Crippen molar-refractivity contribution >= 4 is 11.5 Å². The molecular formula is C11H13NO3. The number of Topliss-reactive ketones (excluding diaryl/α,β-unsaturated/α-hetero) is 1. The molecule has 0 aliphatic carbocycles. The smallest absolute Gasteiger partial charge is 0.210 e. The highest BCUT2D eigenvalue weighted by molar-refractivity contribution is 6.45. The zero-order valence-corrected chi connectivity index (χ0v) is 8.94. The van der Waals surface area contributed by atoms with Crippen LogP contribution in [-0.4, -0.2) is 23.8 Å². The van der Waals surface area contributed by atoms with Crippen LogP contribution >= 0.6 is 0 Å². The summed E-state index contributed by atoms with van der Waals surface area (Å²) in [6.45, 7) is 3.27. The maximum Gasteiger partial charge on any atom is 0.210 e. The molecule has 0 atom stereocenters. The molecule has 0 fully saturated rings. The fourth-order valence-electron chi connectivity index (χ4n) is 1.26. The predicted molar refractivity (Wildman–Crippen MR) is 57.0 cm³/mol. The summed E-state index contributed by atoms with van der Waals surface area (Å²) in [6.07, 6.45) is 0. The van der Waals surface area contributed by atoms with Gasteiger partial charge in [-0.05, 0) is 37.6 Å². The number of nitrogens with zero attached hydrogens (tertiary/aromatic N) is 1. The Kier molecular flexibility index (Phi) is 3.44. The van der Waals surface area contributed by atoms with E-state index in [0.717, 1.165) is 5.56 Å². The molecule has 0 radical (unpaired) electrons. The first-order valence-electron chi connectivity index (χ1n) is 4.48. The molecule has 0 spiro atoms. The number of carbonyl (C=O) groups excluding carboxylic acids is 1. The van der Waals surface area contributed by atoms with E-state index in [0.29, 0.717) is 11.3 Å². The van der Waals surface area contributed by atoms with Crippen molar-refractivity contribution < 1.29 is 14.7 Å². The van der Waals surface area contributed by atoms with E-state index >= 15 is 0 Å². The number of rotatable bonds is 3. The molecule has 1 N–H and O–H groups in total. The maximum atomic E-state index is 11.7. The number of methoxy groups -OCH3 is 1. The van der Waals surface area contributed by atoms with Crippen molar-refractivity contribution in [2.45, 2.75) is 13.8 Å². The van der Waals surface area contributed by atoms with Gasteiger partial charge in [-0.15, -0.1) is 0 Å². The van der Waals surface area contributed by atoms with Crippen molar-refractivity contribution in [3.63, 3.8) is 0 Å². The third kappa shape index (κ3) is 2.34. The van der Waals surface area contributed by atoms with Crippen LogP contribution in [0.4, 0.5) is 0 Å². The van der Waals surface area contributed by atoms with Gasteiger partial charge in [0.25, 0.3) is 0 Å². The third-order valence-electron chi connectivity index (χ3n) is 2.16. The molecule has 0 heterocycles. The Morgan fingerprint density at radius 1 is 1.47 bits per heavy atom. The van der Waals surface area contributed by atoms with Gasteiger partial charge in [-0.25, -0.2) is 0 Å². The van der Waals surface area contributed by atoms with Gasteiger partial charge < -0.3 is 9.94 Å². The fraction of sp³-hybridized carbons (Fsp3) is 0.273. The Bertz CT molecular complexity index is 410. The Hall–Kier alpha value is -1.84. The summed E-state index contributed by atoms with van der Waals surface area (Å²) in [4.78, 5) is 11.7. The van der Waals surface area contributed by atoms with Crippen LogP contribution in [0.3, 0.4) is 0 Å². The Labute approximate surface area is 88.2 Å². The number of carbonyl (C=O) groups is 1. The summed E-state index contributed by atoms with van der Waals surface area (Å²) in [6, 6.07) is 5.12. The van der Waals surface area contributed by atoms with Crippen molar-refractivity contribution in [3.8, 4) is 5.75 Å². The third-order valence-corrected chi connectivity index (χ3v) is 2.16. The second-order valence-electron chi connectivity index (χ2n) is 3.20. The van der Waals surface area contributed by atoms with Crippen LogP contribution in [0.2, 0.25) is 0 Å². The highest BCUT2D eigenvalue weighted by atomic mass is 16.5. The van der Waals surface area contributed by atoms with Crippen LogP contribution in [0.1, 0.15) is 22.8 Å². The molecule has 0 aliphatic rings. The molecule has 0 aliphatic heterocycles. The first kappa shape index (κ1) is 11.2. The molecule has 0 saturated heterocycles. The van der Waals surface area contributed by atoms with E-state index in [9.17, 15) is 4.79 Å². The van der Waals surface area contributed by atoms with Crippen LogP contribution in [0.25, 0.3) is 0 Å². The highest BCUT2D eigenvalue weighted by Gasteiger charge is 2.13. The number of hydrogen-bond donors (Lipinski definition) is 1. The zero-order valence-electron chi connectivity index (χ0n) is 8.94. The summed E-state index contributed by atoms with van der Waals surface area (Å²) in [5.41, 5.74) is 1.39. The first-order chi connectivity index (χ1) is 7.10. The van der Waals surface area contributed by atoms with Gasteiger partial charge in [0.1, 0.15) is 11.5 Å². The summed E-state index contributed by atoms with van der Waals surface area (Å²) >= 11 is 0. The predicted octanol–water partition coefficient (Wildman–Crippen LogP) is 2.04. The van der Waals surface area contributed by atoms with Crippen LogP contribution < -0.4 is 4.74 Å². The van der Waals surface area contributed by atoms with Gasteiger partial charge in [0.2, 0.25) is 5.78 Å². The number of ether oxygens (including phenoxy) is 1. The summed E-state index contributed by atoms with van der Waals surface area (Å²) < 4.78 is 5.03. The molecule has 15 heavy (non-hydrogen) atoms. The largest absolute Gasteiger partial charge is 0.497 e. The number of hydrogen-bond acceptors (Lipinski definition) is 4. The average Bonchev–Trinajstić information content (AvgIpc) is 2.26. The molecular weight excluding hydrogens is 194 g/mol. The summed E-state index contributed by atoms with van der Waals surface area (Å²) in [5, 5.41) is 11.4. The lowest BCUT2D eigenvalue weighted by molar-refractivity contribution is 0.106. The average molecular weight is 207 g/mol. The van der Waals surface area contributed by atoms with Crippen LogP contribution in [0.15, 0.2) is 23.4 Å². The van der Waals surface area contributed by atoms with Gasteiger partial charge in [-0.1, -0.05) is 5.16 Å². The second kappa shape index (κ2) is 4.59. The Morgan fingerprint density at radius 2 is 2.13 bits per heavy atom. The lowest BCUT2D eigenvalue weighted by Gasteiger charge is -2.06. The maximum absolute atomic E-state index is 11.7. The van der Waals surface area contributed by atoms with Gasteiger partial charge in [-0.3, -0.25) is 4.79 Å². The molecule has 0 bridgehead atoms. The van der Waals surface area contributed by atoms with E-state index in [1.54, 1.807) is 32.2 Å². The molecule has 0 unspecified atom stereocenters. The molecule has 1 rings (SSSR count). The minimum absolute atomic E-state index is 0.0725. The van der Waals surface area contributed by atoms with Crippen LogP contribution in [0, 0.1) is 6.92 Å². The lowest BCUT2D eigenvalue weighted by atomic mass is 10.0. The molecule has 0 amide bonds. The summed E-state index contributed by atoms with van der Waals surface area (Å²) in [7, 11) is 1.57. The Morgan fingerprint density at radius 3 is 2.60 bits per heavy atom. The minimum Gasteiger partial charge on any atom is -0.497 e. The lowest BCUT2D eigenvalue weighted by Crippen LogP contribution is -2.11. The van der Waals surface area contributed by atoms with E-state index in [1.807, 2.05) is 0 Å².